The Balaban J connectivity index is 1.88. The zero-order valence-electron chi connectivity index (χ0n) is 11.4. The van der Waals surface area contributed by atoms with Gasteiger partial charge < -0.3 is 18.1 Å². The molecule has 2 aromatic carbocycles. The second kappa shape index (κ2) is 7.32. The molecule has 0 radical (unpaired) electrons. The molecule has 0 aromatic heterocycles. The first-order valence-electron chi connectivity index (χ1n) is 6.35. The van der Waals surface area contributed by atoms with Crippen molar-refractivity contribution in [1.29, 1.82) is 0 Å². The Kier molecular flexibility index (Phi) is 5.46. The van der Waals surface area contributed by atoms with E-state index in [1.54, 1.807) is 0 Å². The largest absolute Gasteiger partial charge is 0.677 e. The van der Waals surface area contributed by atoms with E-state index in [0.29, 0.717) is 0 Å². The zero-order valence-corrected chi connectivity index (χ0v) is 12.4. The minimum absolute atomic E-state index is 0.256. The fraction of sp³-hybridized carbons (Fsp3) is 0.200. The van der Waals surface area contributed by atoms with E-state index in [1.165, 1.54) is 7.11 Å². The van der Waals surface area contributed by atoms with Crippen LogP contribution in [0.4, 0.5) is 0 Å². The Bertz CT molecular complexity index is 460. The van der Waals surface area contributed by atoms with Crippen molar-refractivity contribution in [3.05, 3.63) is 71.8 Å². The first-order chi connectivity index (χ1) is 9.72. The van der Waals surface area contributed by atoms with Gasteiger partial charge in [-0.15, -0.1) is 0 Å². The molecule has 20 heavy (non-hydrogen) atoms. The third kappa shape index (κ3) is 4.55. The summed E-state index contributed by atoms with van der Waals surface area (Å²) in [7, 11) is -2.20. The third-order valence-corrected chi connectivity index (χ3v) is 4.32. The van der Waals surface area contributed by atoms with Gasteiger partial charge in [0, 0.05) is 7.11 Å². The summed E-state index contributed by atoms with van der Waals surface area (Å²) in [6.07, 6.45) is 0. The lowest BCUT2D eigenvalue weighted by Gasteiger charge is -2.21. The van der Waals surface area contributed by atoms with Gasteiger partial charge in [0.25, 0.3) is 0 Å². The molecule has 0 spiro atoms. The molecule has 0 unspecified atom stereocenters. The Morgan fingerprint density at radius 2 is 1.20 bits per heavy atom. The summed E-state index contributed by atoms with van der Waals surface area (Å²) in [6, 6.07) is 19.2. The first kappa shape index (κ1) is 14.9. The second-order valence-corrected chi connectivity index (χ2v) is 6.31. The average molecular weight is 290 g/mol. The van der Waals surface area contributed by atoms with Crippen LogP contribution >= 0.6 is 0 Å². The summed E-state index contributed by atoms with van der Waals surface area (Å²) in [5.74, 6) is 0. The van der Waals surface area contributed by atoms with Gasteiger partial charge in [0.2, 0.25) is 0 Å². The quantitative estimate of drug-likeness (QED) is 0.796. The Labute approximate surface area is 120 Å². The summed E-state index contributed by atoms with van der Waals surface area (Å²) in [4.78, 5) is 10.2. The molecule has 0 fully saturated rings. The van der Waals surface area contributed by atoms with Crippen molar-refractivity contribution in [1.82, 2.24) is 0 Å². The third-order valence-electron chi connectivity index (χ3n) is 2.79. The molecule has 5 heteroatoms. The van der Waals surface area contributed by atoms with Crippen molar-refractivity contribution >= 4 is 9.05 Å². The minimum atomic E-state index is -3.59. The minimum Gasteiger partial charge on any atom is -0.367 e. The van der Waals surface area contributed by atoms with Crippen molar-refractivity contribution in [2.45, 2.75) is 13.2 Å². The van der Waals surface area contributed by atoms with Crippen LogP contribution in [0.25, 0.3) is 0 Å². The highest BCUT2D eigenvalue weighted by Gasteiger charge is 2.40. The maximum atomic E-state index is 10.2. The molecule has 0 aliphatic heterocycles. The van der Waals surface area contributed by atoms with Crippen LogP contribution in [0, 0.1) is 0 Å². The lowest BCUT2D eigenvalue weighted by Crippen LogP contribution is -2.44. The number of rotatable bonds is 7. The molecular formula is C15H18O4Si. The van der Waals surface area contributed by atoms with Crippen molar-refractivity contribution in [2.24, 2.45) is 0 Å². The van der Waals surface area contributed by atoms with Crippen LogP contribution < -0.4 is 0 Å². The van der Waals surface area contributed by atoms with Crippen LogP contribution in [0.15, 0.2) is 60.7 Å². The molecular weight excluding hydrogens is 272 g/mol. The van der Waals surface area contributed by atoms with E-state index in [9.17, 15) is 4.80 Å². The van der Waals surface area contributed by atoms with Gasteiger partial charge in [0.15, 0.2) is 0 Å². The molecule has 2 rings (SSSR count). The molecule has 106 valence electrons. The van der Waals surface area contributed by atoms with Crippen LogP contribution in [0.5, 0.6) is 0 Å². The van der Waals surface area contributed by atoms with Crippen molar-refractivity contribution in [3.8, 4) is 0 Å². The molecule has 0 bridgehead atoms. The molecule has 0 aliphatic rings. The average Bonchev–Trinajstić information content (AvgIpc) is 2.53. The fourth-order valence-electron chi connectivity index (χ4n) is 1.66. The van der Waals surface area contributed by atoms with E-state index < -0.39 is 9.05 Å². The van der Waals surface area contributed by atoms with Gasteiger partial charge in [-0.05, 0) is 11.1 Å². The van der Waals surface area contributed by atoms with Crippen LogP contribution in [-0.4, -0.2) is 21.0 Å². The van der Waals surface area contributed by atoms with Crippen LogP contribution in [0.3, 0.4) is 0 Å². The molecule has 0 atom stereocenters. The molecule has 0 amide bonds. The molecule has 0 saturated heterocycles. The molecule has 1 N–H and O–H groups in total. The van der Waals surface area contributed by atoms with Gasteiger partial charge in [-0.2, -0.15) is 0 Å². The van der Waals surface area contributed by atoms with Gasteiger partial charge in [-0.1, -0.05) is 60.7 Å². The summed E-state index contributed by atoms with van der Waals surface area (Å²) in [6.45, 7) is 0.512. The molecule has 0 saturated carbocycles. The summed E-state index contributed by atoms with van der Waals surface area (Å²) in [5.41, 5.74) is 1.91. The molecule has 2 aromatic rings. The van der Waals surface area contributed by atoms with Crippen molar-refractivity contribution in [3.63, 3.8) is 0 Å². The number of hydrogen-bond acceptors (Lipinski definition) is 4. The van der Waals surface area contributed by atoms with Gasteiger partial charge >= 0.3 is 9.05 Å². The zero-order chi connectivity index (χ0) is 14.3. The number of hydrogen-bond donors (Lipinski definition) is 1. The summed E-state index contributed by atoms with van der Waals surface area (Å²) >= 11 is 0. The van der Waals surface area contributed by atoms with Crippen LogP contribution in [0.1, 0.15) is 11.1 Å². The fourth-order valence-corrected chi connectivity index (χ4v) is 2.67. The van der Waals surface area contributed by atoms with E-state index in [4.69, 9.17) is 13.3 Å². The lowest BCUT2D eigenvalue weighted by molar-refractivity contribution is -0.00362. The van der Waals surface area contributed by atoms with Crippen LogP contribution in [0.2, 0.25) is 0 Å². The maximum absolute atomic E-state index is 10.2. The lowest BCUT2D eigenvalue weighted by atomic mass is 10.2. The highest BCUT2D eigenvalue weighted by Crippen LogP contribution is 2.12. The van der Waals surface area contributed by atoms with Crippen LogP contribution in [-0.2, 0) is 26.5 Å². The molecule has 0 aliphatic carbocycles. The highest BCUT2D eigenvalue weighted by atomic mass is 28.4. The van der Waals surface area contributed by atoms with Gasteiger partial charge in [-0.3, -0.25) is 0 Å². The van der Waals surface area contributed by atoms with E-state index >= 15 is 0 Å². The second-order valence-electron chi connectivity index (χ2n) is 4.28. The normalized spacial score (nSPS) is 11.5. The smallest absolute Gasteiger partial charge is 0.367 e. The number of benzene rings is 2. The standard InChI is InChI=1S/C15H18O4Si/c1-17-20(16,18-12-14-8-4-2-5-9-14)19-13-15-10-6-3-7-11-15/h2-11,16H,12-13H2,1H3. The molecule has 0 heterocycles. The van der Waals surface area contributed by atoms with Gasteiger partial charge in [0.1, 0.15) is 0 Å². The van der Waals surface area contributed by atoms with E-state index in [1.807, 2.05) is 60.7 Å². The predicted molar refractivity (Wildman–Crippen MR) is 77.4 cm³/mol. The van der Waals surface area contributed by atoms with Gasteiger partial charge in [0.05, 0.1) is 13.2 Å². The van der Waals surface area contributed by atoms with E-state index in [-0.39, 0.29) is 13.2 Å². The van der Waals surface area contributed by atoms with E-state index in [0.717, 1.165) is 11.1 Å². The Morgan fingerprint density at radius 1 is 0.800 bits per heavy atom. The summed E-state index contributed by atoms with van der Waals surface area (Å²) < 4.78 is 15.9. The highest BCUT2D eigenvalue weighted by molar-refractivity contribution is 6.51. The Hall–Kier alpha value is -1.50. The monoisotopic (exact) mass is 290 g/mol. The maximum Gasteiger partial charge on any atom is 0.677 e. The van der Waals surface area contributed by atoms with Crippen molar-refractivity contribution in [2.75, 3.05) is 7.11 Å². The van der Waals surface area contributed by atoms with E-state index in [2.05, 4.69) is 0 Å². The first-order valence-corrected chi connectivity index (χ1v) is 8.02. The summed E-state index contributed by atoms with van der Waals surface area (Å²) in [5, 5.41) is 0. The van der Waals surface area contributed by atoms with Crippen molar-refractivity contribution < 1.29 is 18.1 Å². The predicted octanol–water partition coefficient (Wildman–Crippen LogP) is 2.49. The molecule has 4 nitrogen and oxygen atoms in total. The SMILES string of the molecule is CO[Si](O)(OCc1ccccc1)OCc1ccccc1. The topological polar surface area (TPSA) is 47.9 Å². The Morgan fingerprint density at radius 3 is 1.55 bits per heavy atom. The van der Waals surface area contributed by atoms with Gasteiger partial charge in [-0.25, -0.2) is 0 Å².